The van der Waals surface area contributed by atoms with Crippen LogP contribution in [0.5, 0.6) is 0 Å². The zero-order valence-electron chi connectivity index (χ0n) is 8.15. The molecule has 1 rings (SSSR count). The number of halogens is 5. The van der Waals surface area contributed by atoms with Gasteiger partial charge in [0.1, 0.15) is 0 Å². The minimum atomic E-state index is -5.85. The van der Waals surface area contributed by atoms with Crippen LogP contribution in [0.4, 0.5) is 22.0 Å². The fraction of sp³-hybridized carbons (Fsp3) is 0.333. The number of carbonyl (C=O) groups is 1. The molecule has 0 saturated carbocycles. The molecule has 1 heterocycles. The van der Waals surface area contributed by atoms with Gasteiger partial charge in [-0.15, -0.1) is 11.3 Å². The molecule has 8 heteroatoms. The number of thiophene rings is 1. The highest BCUT2D eigenvalue weighted by molar-refractivity contribution is 7.12. The Morgan fingerprint density at radius 1 is 1.29 bits per heavy atom. The molecule has 17 heavy (non-hydrogen) atoms. The fourth-order valence-corrected chi connectivity index (χ4v) is 1.63. The molecule has 2 nitrogen and oxygen atoms in total. The van der Waals surface area contributed by atoms with E-state index in [4.69, 9.17) is 5.41 Å². The van der Waals surface area contributed by atoms with E-state index in [1.807, 2.05) is 0 Å². The molecular weight excluding hydrogens is 265 g/mol. The van der Waals surface area contributed by atoms with E-state index in [1.54, 1.807) is 0 Å². The average Bonchev–Trinajstić information content (AvgIpc) is 2.68. The van der Waals surface area contributed by atoms with E-state index in [-0.39, 0.29) is 4.88 Å². The van der Waals surface area contributed by atoms with Crippen LogP contribution in [0, 0.1) is 5.41 Å². The van der Waals surface area contributed by atoms with E-state index < -0.39 is 30.0 Å². The summed E-state index contributed by atoms with van der Waals surface area (Å²) in [5.41, 5.74) is -1.94. The summed E-state index contributed by atoms with van der Waals surface area (Å²) in [7, 11) is 0. The van der Waals surface area contributed by atoms with Crippen LogP contribution in [-0.4, -0.2) is 23.6 Å². The zero-order chi connectivity index (χ0) is 13.3. The SMILES string of the molecule is N=C(CC(=O)c1cccs1)C(F)(F)C(F)(F)F. The van der Waals surface area contributed by atoms with Gasteiger partial charge in [0.25, 0.3) is 0 Å². The summed E-state index contributed by atoms with van der Waals surface area (Å²) < 4.78 is 60.9. The van der Waals surface area contributed by atoms with Crippen molar-refractivity contribution in [1.82, 2.24) is 0 Å². The molecule has 0 unspecified atom stereocenters. The molecule has 1 aromatic rings. The number of hydrogen-bond donors (Lipinski definition) is 1. The number of Topliss-reactive ketones (excluding diaryl/α,β-unsaturated/α-hetero) is 1. The number of alkyl halides is 5. The van der Waals surface area contributed by atoms with Gasteiger partial charge in [-0.3, -0.25) is 4.79 Å². The Labute approximate surface area is 96.6 Å². The Morgan fingerprint density at radius 2 is 1.88 bits per heavy atom. The van der Waals surface area contributed by atoms with Crippen molar-refractivity contribution in [1.29, 1.82) is 5.41 Å². The van der Waals surface area contributed by atoms with Crippen molar-refractivity contribution in [3.05, 3.63) is 22.4 Å². The summed E-state index contributed by atoms with van der Waals surface area (Å²) in [5, 5.41) is 8.18. The lowest BCUT2D eigenvalue weighted by molar-refractivity contribution is -0.249. The maximum absolute atomic E-state index is 12.6. The van der Waals surface area contributed by atoms with Gasteiger partial charge in [-0.1, -0.05) is 6.07 Å². The Kier molecular flexibility index (Phi) is 3.65. The minimum Gasteiger partial charge on any atom is -0.303 e. The number of nitrogens with one attached hydrogen (secondary N) is 1. The Morgan fingerprint density at radius 3 is 2.29 bits per heavy atom. The summed E-state index contributed by atoms with van der Waals surface area (Å²) in [4.78, 5) is 11.3. The quantitative estimate of drug-likeness (QED) is 0.508. The molecule has 0 amide bonds. The molecule has 0 saturated heterocycles. The van der Waals surface area contributed by atoms with Crippen molar-refractivity contribution in [2.24, 2.45) is 0 Å². The van der Waals surface area contributed by atoms with E-state index in [0.29, 0.717) is 0 Å². The van der Waals surface area contributed by atoms with Gasteiger partial charge in [0.05, 0.1) is 17.0 Å². The van der Waals surface area contributed by atoms with Gasteiger partial charge in [0, 0.05) is 0 Å². The summed E-state index contributed by atoms with van der Waals surface area (Å²) in [5.74, 6) is -6.19. The zero-order valence-corrected chi connectivity index (χ0v) is 8.96. The average molecular weight is 271 g/mol. The van der Waals surface area contributed by atoms with Crippen molar-refractivity contribution in [2.75, 3.05) is 0 Å². The highest BCUT2D eigenvalue weighted by atomic mass is 32.1. The highest BCUT2D eigenvalue weighted by Crippen LogP contribution is 2.37. The van der Waals surface area contributed by atoms with E-state index in [1.165, 1.54) is 17.5 Å². The van der Waals surface area contributed by atoms with Crippen LogP contribution in [-0.2, 0) is 0 Å². The maximum Gasteiger partial charge on any atom is 0.459 e. The summed E-state index contributed by atoms with van der Waals surface area (Å²) >= 11 is 0.919. The second-order valence-corrected chi connectivity index (χ2v) is 4.08. The molecule has 0 fully saturated rings. The molecule has 0 spiro atoms. The molecule has 1 aromatic heterocycles. The van der Waals surface area contributed by atoms with Gasteiger partial charge >= 0.3 is 12.1 Å². The van der Waals surface area contributed by atoms with Crippen LogP contribution >= 0.6 is 11.3 Å². The third-order valence-corrected chi connectivity index (χ3v) is 2.78. The predicted octanol–water partition coefficient (Wildman–Crippen LogP) is 3.54. The first-order chi connectivity index (χ1) is 7.66. The summed E-state index contributed by atoms with van der Waals surface area (Å²) in [6.45, 7) is 0. The summed E-state index contributed by atoms with van der Waals surface area (Å²) in [6, 6.07) is 2.76. The van der Waals surface area contributed by atoms with Crippen molar-refractivity contribution in [3.63, 3.8) is 0 Å². The molecule has 0 aliphatic carbocycles. The molecule has 0 aromatic carbocycles. The summed E-state index contributed by atoms with van der Waals surface area (Å²) in [6.07, 6.45) is -7.09. The highest BCUT2D eigenvalue weighted by Gasteiger charge is 2.60. The van der Waals surface area contributed by atoms with Crippen LogP contribution in [0.15, 0.2) is 17.5 Å². The molecule has 94 valence electrons. The van der Waals surface area contributed by atoms with Crippen molar-refractivity contribution < 1.29 is 26.7 Å². The normalized spacial score (nSPS) is 12.5. The molecule has 0 atom stereocenters. The lowest BCUT2D eigenvalue weighted by Gasteiger charge is -2.19. The fourth-order valence-electron chi connectivity index (χ4n) is 0.967. The first kappa shape index (κ1) is 13.8. The van der Waals surface area contributed by atoms with Gasteiger partial charge in [-0.05, 0) is 11.4 Å². The third kappa shape index (κ3) is 2.87. The van der Waals surface area contributed by atoms with E-state index >= 15 is 0 Å². The largest absolute Gasteiger partial charge is 0.459 e. The Bertz CT molecular complexity index is 423. The van der Waals surface area contributed by atoms with Crippen LogP contribution in [0.2, 0.25) is 0 Å². The smallest absolute Gasteiger partial charge is 0.303 e. The number of ketones is 1. The molecule has 0 aliphatic rings. The molecule has 0 radical (unpaired) electrons. The lowest BCUT2D eigenvalue weighted by Crippen LogP contribution is -2.44. The molecule has 0 bridgehead atoms. The maximum atomic E-state index is 12.6. The predicted molar refractivity (Wildman–Crippen MR) is 52.0 cm³/mol. The second kappa shape index (κ2) is 4.52. The van der Waals surface area contributed by atoms with Crippen molar-refractivity contribution in [3.8, 4) is 0 Å². The Hall–Kier alpha value is -1.31. The molecule has 1 N–H and O–H groups in total. The van der Waals surface area contributed by atoms with Gasteiger partial charge in [0.2, 0.25) is 0 Å². The van der Waals surface area contributed by atoms with Crippen molar-refractivity contribution >= 4 is 22.8 Å². The Balaban J connectivity index is 2.77. The molecule has 0 aliphatic heterocycles. The van der Waals surface area contributed by atoms with E-state index in [2.05, 4.69) is 0 Å². The van der Waals surface area contributed by atoms with Crippen molar-refractivity contribution in [2.45, 2.75) is 18.5 Å². The molecular formula is C9H6F5NOS. The van der Waals surface area contributed by atoms with Crippen LogP contribution in [0.1, 0.15) is 16.1 Å². The van der Waals surface area contributed by atoms with Crippen LogP contribution in [0.25, 0.3) is 0 Å². The lowest BCUT2D eigenvalue weighted by atomic mass is 10.1. The minimum absolute atomic E-state index is 0.0488. The first-order valence-electron chi connectivity index (χ1n) is 4.25. The van der Waals surface area contributed by atoms with E-state index in [9.17, 15) is 26.7 Å². The second-order valence-electron chi connectivity index (χ2n) is 3.13. The van der Waals surface area contributed by atoms with Crippen LogP contribution < -0.4 is 0 Å². The first-order valence-corrected chi connectivity index (χ1v) is 5.13. The van der Waals surface area contributed by atoms with E-state index in [0.717, 1.165) is 11.3 Å². The van der Waals surface area contributed by atoms with Gasteiger partial charge < -0.3 is 5.41 Å². The number of hydrogen-bond acceptors (Lipinski definition) is 3. The van der Waals surface area contributed by atoms with Gasteiger partial charge in [-0.2, -0.15) is 22.0 Å². The van der Waals surface area contributed by atoms with Gasteiger partial charge in [0.15, 0.2) is 5.78 Å². The topological polar surface area (TPSA) is 40.9 Å². The monoisotopic (exact) mass is 271 g/mol. The number of carbonyl (C=O) groups excluding carboxylic acids is 1. The third-order valence-electron chi connectivity index (χ3n) is 1.87. The number of rotatable bonds is 4. The standard InChI is InChI=1S/C9H6F5NOS/c10-8(11,9(12,13)14)7(15)4-5(16)6-2-1-3-17-6/h1-3,15H,4H2. The van der Waals surface area contributed by atoms with Crippen LogP contribution in [0.3, 0.4) is 0 Å². The van der Waals surface area contributed by atoms with Gasteiger partial charge in [-0.25, -0.2) is 0 Å².